The van der Waals surface area contributed by atoms with Gasteiger partial charge in [-0.1, -0.05) is 109 Å². The minimum atomic E-state index is -4.90. The number of ether oxygens (including phenoxy) is 3. The number of fused-ring (bicyclic) bond motifs is 1. The number of aliphatic hydroxyl groups excluding tert-OH is 2. The first kappa shape index (κ1) is 45.0. The zero-order valence-corrected chi connectivity index (χ0v) is 33.3. The van der Waals surface area contributed by atoms with Gasteiger partial charge in [-0.3, -0.25) is 9.05 Å². The van der Waals surface area contributed by atoms with E-state index < -0.39 is 51.1 Å². The first-order valence-electron chi connectivity index (χ1n) is 19.9. The summed E-state index contributed by atoms with van der Waals surface area (Å²) in [6, 6.07) is 11.5. The van der Waals surface area contributed by atoms with Crippen LogP contribution in [0.25, 0.3) is 5.52 Å². The molecule has 3 aromatic heterocycles. The molecule has 0 bridgehead atoms. The van der Waals surface area contributed by atoms with E-state index in [0.29, 0.717) is 12.1 Å². The fourth-order valence-corrected chi connectivity index (χ4v) is 7.45. The molecule has 0 aliphatic carbocycles. The lowest BCUT2D eigenvalue weighted by Gasteiger charge is -2.26. The van der Waals surface area contributed by atoms with Crippen molar-refractivity contribution in [1.82, 2.24) is 19.6 Å². The van der Waals surface area contributed by atoms with Crippen LogP contribution in [-0.2, 0) is 23.1 Å². The summed E-state index contributed by atoms with van der Waals surface area (Å²) < 4.78 is 42.3. The molecule has 2 unspecified atom stereocenters. The van der Waals surface area contributed by atoms with Crippen LogP contribution in [0.2, 0.25) is 0 Å². The maximum atomic E-state index is 13.1. The first-order chi connectivity index (χ1) is 27.1. The highest BCUT2D eigenvalue weighted by atomic mass is 31.2. The summed E-state index contributed by atoms with van der Waals surface area (Å²) in [5.41, 5.74) is 4.44. The lowest BCUT2D eigenvalue weighted by Crippen LogP contribution is -2.45. The van der Waals surface area contributed by atoms with Gasteiger partial charge in [0.05, 0.1) is 18.9 Å². The van der Waals surface area contributed by atoms with E-state index >= 15 is 0 Å². The highest BCUT2D eigenvalue weighted by Crippen LogP contribution is 2.47. The molecule has 4 rings (SSSR count). The molecule has 0 saturated carbocycles. The van der Waals surface area contributed by atoms with Crippen molar-refractivity contribution < 1.29 is 42.9 Å². The molecule has 1 aliphatic heterocycles. The molecule has 1 aliphatic rings. The lowest BCUT2D eigenvalue weighted by molar-refractivity contribution is -0.0755. The number of aliphatic hydroxyl groups is 2. The molecule has 0 aromatic carbocycles. The van der Waals surface area contributed by atoms with E-state index in [1.165, 1.54) is 106 Å². The van der Waals surface area contributed by atoms with E-state index in [-0.39, 0.29) is 29.7 Å². The number of nitriles is 2. The number of hydrogen-bond acceptors (Lipinski definition) is 14. The SMILES string of the molecule is CCCCCCCCCCCCCCCCCCOCC(COP(=O)(O)OC[C@@]1(C#N)O[C@@H](c2ccc3c(N)ncnn23)[C@H](O)[C@@H]1O)Oc1cccc(C#N)n1. The number of unbranched alkanes of at least 4 members (excludes halogenated alkanes) is 15. The molecule has 308 valence electrons. The zero-order chi connectivity index (χ0) is 40.2. The van der Waals surface area contributed by atoms with Crippen LogP contribution < -0.4 is 10.5 Å². The third kappa shape index (κ3) is 13.7. The molecular formula is C39H58N7O9P. The van der Waals surface area contributed by atoms with Crippen molar-refractivity contribution >= 4 is 19.2 Å². The summed E-state index contributed by atoms with van der Waals surface area (Å²) in [5, 5.41) is 45.1. The number of rotatable bonds is 28. The number of nitrogen functional groups attached to an aromatic ring is 1. The molecule has 16 nitrogen and oxygen atoms in total. The Kier molecular flexibility index (Phi) is 18.9. The Bertz CT molecular complexity index is 1750. The molecule has 0 amide bonds. The number of phosphoric ester groups is 1. The van der Waals surface area contributed by atoms with Gasteiger partial charge in [-0.2, -0.15) is 15.6 Å². The topological polar surface area (TPSA) is 241 Å². The number of pyridine rings is 1. The normalized spacial score (nSPS) is 21.1. The molecule has 4 heterocycles. The Morgan fingerprint density at radius 1 is 0.929 bits per heavy atom. The minimum absolute atomic E-state index is 0.0195. The van der Waals surface area contributed by atoms with Crippen molar-refractivity contribution in [2.24, 2.45) is 0 Å². The Balaban J connectivity index is 1.19. The molecule has 0 radical (unpaired) electrons. The van der Waals surface area contributed by atoms with Gasteiger partial charge >= 0.3 is 7.82 Å². The van der Waals surface area contributed by atoms with Crippen molar-refractivity contribution in [3.63, 3.8) is 0 Å². The summed E-state index contributed by atoms with van der Waals surface area (Å²) in [6.07, 6.45) is 15.7. The Hall–Kier alpha value is -3.70. The summed E-state index contributed by atoms with van der Waals surface area (Å²) in [6.45, 7) is 1.25. The molecule has 3 aromatic rings. The van der Waals surface area contributed by atoms with Crippen LogP contribution in [0.4, 0.5) is 5.82 Å². The third-order valence-corrected chi connectivity index (χ3v) is 10.8. The lowest BCUT2D eigenvalue weighted by atomic mass is 9.96. The van der Waals surface area contributed by atoms with Gasteiger partial charge in [0, 0.05) is 12.7 Å². The van der Waals surface area contributed by atoms with Gasteiger partial charge in [0.1, 0.15) is 60.7 Å². The van der Waals surface area contributed by atoms with Crippen LogP contribution in [0.3, 0.4) is 0 Å². The van der Waals surface area contributed by atoms with Crippen molar-refractivity contribution in [2.45, 2.75) is 140 Å². The smallest absolute Gasteiger partial charge is 0.469 e. The van der Waals surface area contributed by atoms with Crippen LogP contribution in [0, 0.1) is 22.7 Å². The van der Waals surface area contributed by atoms with E-state index in [0.717, 1.165) is 19.3 Å². The second-order valence-electron chi connectivity index (χ2n) is 14.3. The predicted octanol–water partition coefficient (Wildman–Crippen LogP) is 6.49. The predicted molar refractivity (Wildman–Crippen MR) is 207 cm³/mol. The van der Waals surface area contributed by atoms with Crippen LogP contribution in [0.1, 0.15) is 127 Å². The van der Waals surface area contributed by atoms with E-state index in [1.54, 1.807) is 24.3 Å². The maximum absolute atomic E-state index is 13.1. The number of nitrogens with zero attached hydrogens (tertiary/aromatic N) is 6. The Morgan fingerprint density at radius 2 is 1.57 bits per heavy atom. The summed E-state index contributed by atoms with van der Waals surface area (Å²) in [4.78, 5) is 18.6. The average molecular weight is 800 g/mol. The van der Waals surface area contributed by atoms with Crippen LogP contribution in [0.15, 0.2) is 36.7 Å². The summed E-state index contributed by atoms with van der Waals surface area (Å²) in [5.74, 6) is 0.252. The highest BCUT2D eigenvalue weighted by molar-refractivity contribution is 7.47. The number of aromatic nitrogens is 4. The average Bonchev–Trinajstić information content (AvgIpc) is 3.74. The van der Waals surface area contributed by atoms with Crippen LogP contribution >= 0.6 is 7.82 Å². The fraction of sp³-hybridized carbons (Fsp3) is 0.667. The van der Waals surface area contributed by atoms with Gasteiger partial charge in [-0.05, 0) is 24.6 Å². The summed E-state index contributed by atoms with van der Waals surface area (Å²) >= 11 is 0. The highest BCUT2D eigenvalue weighted by Gasteiger charge is 2.57. The van der Waals surface area contributed by atoms with Crippen molar-refractivity contribution in [1.29, 1.82) is 10.5 Å². The molecule has 0 spiro atoms. The van der Waals surface area contributed by atoms with E-state index in [1.807, 2.05) is 6.07 Å². The van der Waals surface area contributed by atoms with E-state index in [4.69, 9.17) is 29.0 Å². The van der Waals surface area contributed by atoms with Gasteiger partial charge in [-0.25, -0.2) is 19.0 Å². The van der Waals surface area contributed by atoms with E-state index in [9.17, 15) is 30.2 Å². The maximum Gasteiger partial charge on any atom is 0.472 e. The minimum Gasteiger partial charge on any atom is -0.469 e. The fourth-order valence-electron chi connectivity index (χ4n) is 6.66. The van der Waals surface area contributed by atoms with Gasteiger partial charge < -0.3 is 35.1 Å². The molecule has 6 atom stereocenters. The molecular weight excluding hydrogens is 741 g/mol. The van der Waals surface area contributed by atoms with E-state index in [2.05, 4.69) is 22.0 Å². The van der Waals surface area contributed by atoms with Gasteiger partial charge in [0.2, 0.25) is 11.5 Å². The number of hydrogen-bond donors (Lipinski definition) is 4. The van der Waals surface area contributed by atoms with Crippen LogP contribution in [0.5, 0.6) is 5.88 Å². The van der Waals surface area contributed by atoms with Gasteiger partial charge in [0.15, 0.2) is 5.82 Å². The zero-order valence-electron chi connectivity index (χ0n) is 32.4. The van der Waals surface area contributed by atoms with Crippen molar-refractivity contribution in [2.75, 3.05) is 32.2 Å². The van der Waals surface area contributed by atoms with Crippen molar-refractivity contribution in [3.8, 4) is 18.0 Å². The second kappa shape index (κ2) is 23.5. The molecule has 17 heteroatoms. The molecule has 1 saturated heterocycles. The Labute approximate surface area is 329 Å². The standard InChI is InChI=1S/C39H58N7O9P/c1-2-3-4-5-6-7-8-9-10-11-12-13-14-15-16-17-23-51-25-31(54-34-20-18-19-30(24-40)45-34)26-52-56(49,50)53-28-39(27-41)37(48)35(47)36(55-39)32-21-22-33-38(42)43-29-44-46(32)33/h18-22,29,31,35-37,47-48H,2-17,23,25-26,28H2,1H3,(H,49,50)(H2,42,43,44)/t31?,35-,36-,37-,39+/m0/s1. The summed E-state index contributed by atoms with van der Waals surface area (Å²) in [7, 11) is -4.90. The molecule has 56 heavy (non-hydrogen) atoms. The van der Waals surface area contributed by atoms with Crippen molar-refractivity contribution in [3.05, 3.63) is 48.0 Å². The number of nitrogens with two attached hydrogens (primary N) is 1. The van der Waals surface area contributed by atoms with Gasteiger partial charge in [-0.15, -0.1) is 0 Å². The molecule has 5 N–H and O–H groups in total. The van der Waals surface area contributed by atoms with Crippen LogP contribution in [-0.4, -0.2) is 85.0 Å². The van der Waals surface area contributed by atoms with Gasteiger partial charge in [0.25, 0.3) is 0 Å². The second-order valence-corrected chi connectivity index (χ2v) is 15.8. The quantitative estimate of drug-likeness (QED) is 0.0453. The monoisotopic (exact) mass is 799 g/mol. The third-order valence-electron chi connectivity index (χ3n) is 9.88. The largest absolute Gasteiger partial charge is 0.472 e. The number of anilines is 1. The first-order valence-corrected chi connectivity index (χ1v) is 21.4. The Morgan fingerprint density at radius 3 is 2.20 bits per heavy atom. The number of phosphoric acid groups is 1. The molecule has 1 fully saturated rings.